The average molecular weight is 374 g/mol. The Kier molecular flexibility index (Phi) is 4.94. The van der Waals surface area contributed by atoms with Crippen molar-refractivity contribution >= 4 is 28.8 Å². The molecule has 0 aliphatic rings. The van der Waals surface area contributed by atoms with Crippen LogP contribution in [-0.4, -0.2) is 22.6 Å². The fourth-order valence-electron chi connectivity index (χ4n) is 2.93. The van der Waals surface area contributed by atoms with E-state index in [1.54, 1.807) is 23.9 Å². The van der Waals surface area contributed by atoms with Gasteiger partial charge < -0.3 is 9.30 Å². The van der Waals surface area contributed by atoms with Crippen molar-refractivity contribution in [1.29, 1.82) is 0 Å². The molecule has 5 heteroatoms. The first-order chi connectivity index (χ1) is 13.2. The van der Waals surface area contributed by atoms with Gasteiger partial charge in [0.15, 0.2) is 5.16 Å². The summed E-state index contributed by atoms with van der Waals surface area (Å²) in [6.45, 7) is 0.754. The fourth-order valence-corrected chi connectivity index (χ4v) is 3.83. The molecular formula is C22H18N2O2S. The molecule has 0 unspecified atom stereocenters. The van der Waals surface area contributed by atoms with E-state index >= 15 is 0 Å². The molecule has 0 saturated heterocycles. The molecule has 0 spiro atoms. The summed E-state index contributed by atoms with van der Waals surface area (Å²) in [5, 5.41) is 0.922. The molecule has 134 valence electrons. The Hall–Kier alpha value is -3.05. The van der Waals surface area contributed by atoms with E-state index in [9.17, 15) is 4.79 Å². The molecule has 0 amide bonds. The van der Waals surface area contributed by atoms with Crippen molar-refractivity contribution in [2.45, 2.75) is 16.6 Å². The Bertz CT molecular complexity index is 1070. The number of carbonyl (C=O) groups is 1. The average Bonchev–Trinajstić information content (AvgIpc) is 3.06. The van der Waals surface area contributed by atoms with E-state index < -0.39 is 0 Å². The van der Waals surface area contributed by atoms with E-state index in [1.807, 2.05) is 48.5 Å². The summed E-state index contributed by atoms with van der Waals surface area (Å²) in [5.74, 6) is -0.331. The standard InChI is InChI=1S/C22H18N2O2S/c1-26-21(25)17-11-13-18(14-12-17)27-22-23-19-9-5-6-10-20(19)24(22)15-16-7-3-2-4-8-16/h2-14H,15H2,1H3. The number of nitrogens with zero attached hydrogens (tertiary/aromatic N) is 2. The predicted molar refractivity (Wildman–Crippen MR) is 107 cm³/mol. The van der Waals surface area contributed by atoms with Crippen LogP contribution >= 0.6 is 11.8 Å². The fraction of sp³-hybridized carbons (Fsp3) is 0.0909. The molecule has 0 saturated carbocycles. The van der Waals surface area contributed by atoms with Crippen LogP contribution in [0.5, 0.6) is 0 Å². The van der Waals surface area contributed by atoms with Crippen LogP contribution in [0.25, 0.3) is 11.0 Å². The Morgan fingerprint density at radius 3 is 2.41 bits per heavy atom. The lowest BCUT2D eigenvalue weighted by Gasteiger charge is -2.09. The van der Waals surface area contributed by atoms with Crippen molar-refractivity contribution in [2.24, 2.45) is 0 Å². The highest BCUT2D eigenvalue weighted by Gasteiger charge is 2.13. The van der Waals surface area contributed by atoms with Crippen LogP contribution in [0.3, 0.4) is 0 Å². The maximum absolute atomic E-state index is 11.6. The van der Waals surface area contributed by atoms with Gasteiger partial charge in [-0.1, -0.05) is 54.2 Å². The number of hydrogen-bond acceptors (Lipinski definition) is 4. The number of benzene rings is 3. The van der Waals surface area contributed by atoms with Crippen LogP contribution in [0.15, 0.2) is 88.9 Å². The van der Waals surface area contributed by atoms with E-state index in [4.69, 9.17) is 9.72 Å². The number of aromatic nitrogens is 2. The number of para-hydroxylation sites is 2. The second-order valence-corrected chi connectivity index (χ2v) is 7.11. The van der Waals surface area contributed by atoms with Crippen molar-refractivity contribution in [3.05, 3.63) is 90.0 Å². The monoisotopic (exact) mass is 374 g/mol. The van der Waals surface area contributed by atoms with Crippen LogP contribution in [0.2, 0.25) is 0 Å². The zero-order valence-corrected chi connectivity index (χ0v) is 15.6. The molecule has 4 aromatic rings. The number of hydrogen-bond donors (Lipinski definition) is 0. The van der Waals surface area contributed by atoms with Crippen molar-refractivity contribution in [3.8, 4) is 0 Å². The first kappa shape index (κ1) is 17.4. The third-order valence-electron chi connectivity index (χ3n) is 4.29. The number of imidazole rings is 1. The minimum Gasteiger partial charge on any atom is -0.465 e. The van der Waals surface area contributed by atoms with E-state index in [0.717, 1.165) is 27.6 Å². The van der Waals surface area contributed by atoms with Crippen LogP contribution in [-0.2, 0) is 11.3 Å². The molecule has 27 heavy (non-hydrogen) atoms. The summed E-state index contributed by atoms with van der Waals surface area (Å²) in [5.41, 5.74) is 3.85. The maximum Gasteiger partial charge on any atom is 0.337 e. The number of methoxy groups -OCH3 is 1. The Labute approximate surface area is 161 Å². The van der Waals surface area contributed by atoms with Gasteiger partial charge in [0.25, 0.3) is 0 Å². The summed E-state index contributed by atoms with van der Waals surface area (Å²) >= 11 is 1.59. The van der Waals surface area contributed by atoms with Crippen LogP contribution in [0, 0.1) is 0 Å². The number of rotatable bonds is 5. The van der Waals surface area contributed by atoms with E-state index in [-0.39, 0.29) is 5.97 Å². The van der Waals surface area contributed by atoms with Crippen molar-refractivity contribution in [2.75, 3.05) is 7.11 Å². The van der Waals surface area contributed by atoms with E-state index in [0.29, 0.717) is 5.56 Å². The molecule has 3 aromatic carbocycles. The van der Waals surface area contributed by atoms with Gasteiger partial charge in [0.1, 0.15) is 0 Å². The normalized spacial score (nSPS) is 10.9. The molecule has 0 fully saturated rings. The molecule has 1 aromatic heterocycles. The smallest absolute Gasteiger partial charge is 0.337 e. The lowest BCUT2D eigenvalue weighted by molar-refractivity contribution is 0.0600. The third kappa shape index (κ3) is 3.73. The van der Waals surface area contributed by atoms with Gasteiger partial charge in [0, 0.05) is 4.90 Å². The number of carbonyl (C=O) groups excluding carboxylic acids is 1. The zero-order chi connectivity index (χ0) is 18.6. The molecule has 0 aliphatic heterocycles. The summed E-state index contributed by atoms with van der Waals surface area (Å²) in [6.07, 6.45) is 0. The molecule has 1 heterocycles. The van der Waals surface area contributed by atoms with Gasteiger partial charge in [-0.2, -0.15) is 0 Å². The molecule has 0 radical (unpaired) electrons. The van der Waals surface area contributed by atoms with Gasteiger partial charge in [-0.3, -0.25) is 0 Å². The highest BCUT2D eigenvalue weighted by molar-refractivity contribution is 7.99. The minimum absolute atomic E-state index is 0.331. The van der Waals surface area contributed by atoms with Crippen LogP contribution in [0.1, 0.15) is 15.9 Å². The quantitative estimate of drug-likeness (QED) is 0.460. The first-order valence-electron chi connectivity index (χ1n) is 8.60. The van der Waals surface area contributed by atoms with E-state index in [2.05, 4.69) is 22.8 Å². The topological polar surface area (TPSA) is 44.1 Å². The number of fused-ring (bicyclic) bond motifs is 1. The molecule has 0 aliphatic carbocycles. The molecule has 4 rings (SSSR count). The Morgan fingerprint density at radius 2 is 1.67 bits per heavy atom. The number of ether oxygens (including phenoxy) is 1. The first-order valence-corrected chi connectivity index (χ1v) is 9.41. The van der Waals surface area contributed by atoms with Crippen molar-refractivity contribution in [1.82, 2.24) is 9.55 Å². The molecule has 0 N–H and O–H groups in total. The van der Waals surface area contributed by atoms with Gasteiger partial charge in [-0.25, -0.2) is 9.78 Å². The second-order valence-electron chi connectivity index (χ2n) is 6.07. The van der Waals surface area contributed by atoms with Gasteiger partial charge in [-0.05, 0) is 42.0 Å². The largest absolute Gasteiger partial charge is 0.465 e. The van der Waals surface area contributed by atoms with Crippen molar-refractivity contribution < 1.29 is 9.53 Å². The lowest BCUT2D eigenvalue weighted by atomic mass is 10.2. The second kappa shape index (κ2) is 7.68. The summed E-state index contributed by atoms with van der Waals surface area (Å²) in [4.78, 5) is 17.4. The van der Waals surface area contributed by atoms with Crippen LogP contribution in [0.4, 0.5) is 0 Å². The van der Waals surface area contributed by atoms with Gasteiger partial charge in [-0.15, -0.1) is 0 Å². The van der Waals surface area contributed by atoms with Gasteiger partial charge in [0.05, 0.1) is 30.3 Å². The van der Waals surface area contributed by atoms with E-state index in [1.165, 1.54) is 12.7 Å². The molecule has 0 atom stereocenters. The SMILES string of the molecule is COC(=O)c1ccc(Sc2nc3ccccc3n2Cc2ccccc2)cc1. The summed E-state index contributed by atoms with van der Waals surface area (Å²) in [6, 6.07) is 25.9. The minimum atomic E-state index is -0.331. The molecule has 0 bridgehead atoms. The third-order valence-corrected chi connectivity index (χ3v) is 5.29. The summed E-state index contributed by atoms with van der Waals surface area (Å²) in [7, 11) is 1.39. The summed E-state index contributed by atoms with van der Waals surface area (Å²) < 4.78 is 6.98. The highest BCUT2D eigenvalue weighted by Crippen LogP contribution is 2.31. The lowest BCUT2D eigenvalue weighted by Crippen LogP contribution is -2.02. The Balaban J connectivity index is 1.68. The Morgan fingerprint density at radius 1 is 0.963 bits per heavy atom. The zero-order valence-electron chi connectivity index (χ0n) is 14.8. The van der Waals surface area contributed by atoms with Crippen molar-refractivity contribution in [3.63, 3.8) is 0 Å². The number of esters is 1. The predicted octanol–water partition coefficient (Wildman–Crippen LogP) is 5.02. The van der Waals surface area contributed by atoms with Crippen LogP contribution < -0.4 is 0 Å². The van der Waals surface area contributed by atoms with Gasteiger partial charge >= 0.3 is 5.97 Å². The molecular weight excluding hydrogens is 356 g/mol. The van der Waals surface area contributed by atoms with Gasteiger partial charge in [0.2, 0.25) is 0 Å². The highest BCUT2D eigenvalue weighted by atomic mass is 32.2. The molecule has 4 nitrogen and oxygen atoms in total. The maximum atomic E-state index is 11.6.